The first-order valence-electron chi connectivity index (χ1n) is 17.0. The van der Waals surface area contributed by atoms with Gasteiger partial charge in [-0.05, 0) is 108 Å². The highest BCUT2D eigenvalue weighted by atomic mass is 14.5. The van der Waals surface area contributed by atoms with Gasteiger partial charge < -0.3 is 0 Å². The van der Waals surface area contributed by atoms with Crippen LogP contribution >= 0.6 is 0 Å². The molecule has 230 valence electrons. The highest BCUT2D eigenvalue weighted by Gasteiger charge is 2.45. The van der Waals surface area contributed by atoms with E-state index in [0.29, 0.717) is 0 Å². The maximum atomic E-state index is 2.41. The van der Waals surface area contributed by atoms with Gasteiger partial charge in [-0.1, -0.05) is 176 Å². The Morgan fingerprint density at radius 2 is 0.612 bits per heavy atom. The highest BCUT2D eigenvalue weighted by Crippen LogP contribution is 2.56. The summed E-state index contributed by atoms with van der Waals surface area (Å²) >= 11 is 0. The van der Waals surface area contributed by atoms with Crippen LogP contribution in [0.25, 0.3) is 55.6 Å². The Kier molecular flexibility index (Phi) is 7.14. The molecular formula is C49H34. The second-order valence-electron chi connectivity index (χ2n) is 12.9. The van der Waals surface area contributed by atoms with E-state index in [1.54, 1.807) is 0 Å². The second-order valence-corrected chi connectivity index (χ2v) is 12.9. The van der Waals surface area contributed by atoms with Crippen LogP contribution in [0.2, 0.25) is 0 Å². The topological polar surface area (TPSA) is 0 Å². The molecule has 8 aromatic rings. The zero-order chi connectivity index (χ0) is 32.6. The fourth-order valence-corrected chi connectivity index (χ4v) is 7.90. The Bertz CT molecular complexity index is 2310. The molecule has 0 radical (unpaired) electrons. The van der Waals surface area contributed by atoms with Crippen molar-refractivity contribution in [2.24, 2.45) is 0 Å². The summed E-state index contributed by atoms with van der Waals surface area (Å²) in [5.74, 6) is 0. The SMILES string of the molecule is c1ccc(-c2cc(-c3ccccc3)cc(-c3cccc(-c4ccc5c(c4)-c4ccccc4C5(c4ccccc4)c4ccccc4)c3)c2)cc1. The number of fused-ring (bicyclic) bond motifs is 3. The molecule has 0 nitrogen and oxygen atoms in total. The predicted octanol–water partition coefficient (Wildman–Crippen LogP) is 12.7. The molecule has 49 heavy (non-hydrogen) atoms. The maximum absolute atomic E-state index is 2.41. The summed E-state index contributed by atoms with van der Waals surface area (Å²) in [6, 6.07) is 75.4. The monoisotopic (exact) mass is 622 g/mol. The van der Waals surface area contributed by atoms with Gasteiger partial charge in [0.05, 0.1) is 5.41 Å². The van der Waals surface area contributed by atoms with Crippen LogP contribution in [0.1, 0.15) is 22.3 Å². The molecule has 0 spiro atoms. The van der Waals surface area contributed by atoms with E-state index in [4.69, 9.17) is 0 Å². The molecule has 0 saturated carbocycles. The average Bonchev–Trinajstić information content (AvgIpc) is 3.49. The van der Waals surface area contributed by atoms with Gasteiger partial charge in [-0.2, -0.15) is 0 Å². The van der Waals surface area contributed by atoms with Gasteiger partial charge in [-0.3, -0.25) is 0 Å². The Morgan fingerprint density at radius 1 is 0.224 bits per heavy atom. The van der Waals surface area contributed by atoms with E-state index in [9.17, 15) is 0 Å². The molecule has 1 aliphatic carbocycles. The first-order valence-corrected chi connectivity index (χ1v) is 17.0. The van der Waals surface area contributed by atoms with Gasteiger partial charge in [0.2, 0.25) is 0 Å². The minimum Gasteiger partial charge on any atom is -0.0622 e. The summed E-state index contributed by atoms with van der Waals surface area (Å²) in [6.45, 7) is 0. The summed E-state index contributed by atoms with van der Waals surface area (Å²) in [7, 11) is 0. The van der Waals surface area contributed by atoms with E-state index in [1.165, 1.54) is 77.9 Å². The molecule has 0 saturated heterocycles. The molecule has 9 rings (SSSR count). The molecule has 1 aliphatic rings. The van der Waals surface area contributed by atoms with Crippen LogP contribution in [0.15, 0.2) is 206 Å². The van der Waals surface area contributed by atoms with E-state index in [-0.39, 0.29) is 5.41 Å². The van der Waals surface area contributed by atoms with E-state index in [0.717, 1.165) is 0 Å². The summed E-state index contributed by atoms with van der Waals surface area (Å²) in [6.07, 6.45) is 0. The molecule has 8 aromatic carbocycles. The fraction of sp³-hybridized carbons (Fsp3) is 0.0204. The number of rotatable bonds is 6. The zero-order valence-electron chi connectivity index (χ0n) is 27.1. The van der Waals surface area contributed by atoms with Gasteiger partial charge in [-0.15, -0.1) is 0 Å². The molecule has 0 heteroatoms. The van der Waals surface area contributed by atoms with E-state index < -0.39 is 0 Å². The van der Waals surface area contributed by atoms with Crippen LogP contribution in [0.5, 0.6) is 0 Å². The maximum Gasteiger partial charge on any atom is 0.0713 e. The minimum atomic E-state index is -0.388. The number of hydrogen-bond acceptors (Lipinski definition) is 0. The van der Waals surface area contributed by atoms with Gasteiger partial charge in [0, 0.05) is 0 Å². The van der Waals surface area contributed by atoms with Crippen molar-refractivity contribution in [3.05, 3.63) is 229 Å². The van der Waals surface area contributed by atoms with Crippen molar-refractivity contribution < 1.29 is 0 Å². The van der Waals surface area contributed by atoms with Crippen molar-refractivity contribution in [2.75, 3.05) is 0 Å². The van der Waals surface area contributed by atoms with E-state index in [1.807, 2.05) is 0 Å². The van der Waals surface area contributed by atoms with Crippen molar-refractivity contribution in [1.29, 1.82) is 0 Å². The Hall–Kier alpha value is -6.24. The molecule has 0 amide bonds. The lowest BCUT2D eigenvalue weighted by Crippen LogP contribution is -2.28. The normalized spacial score (nSPS) is 12.7. The second kappa shape index (κ2) is 12.1. The van der Waals surface area contributed by atoms with Crippen molar-refractivity contribution in [3.8, 4) is 55.6 Å². The lowest BCUT2D eigenvalue weighted by atomic mass is 9.67. The molecular weight excluding hydrogens is 589 g/mol. The van der Waals surface area contributed by atoms with Gasteiger partial charge in [0.15, 0.2) is 0 Å². The Balaban J connectivity index is 1.20. The molecule has 0 aliphatic heterocycles. The van der Waals surface area contributed by atoms with E-state index in [2.05, 4.69) is 206 Å². The summed E-state index contributed by atoms with van der Waals surface area (Å²) < 4.78 is 0. The fourth-order valence-electron chi connectivity index (χ4n) is 7.90. The van der Waals surface area contributed by atoms with Gasteiger partial charge >= 0.3 is 0 Å². The average molecular weight is 623 g/mol. The van der Waals surface area contributed by atoms with Crippen LogP contribution in [-0.2, 0) is 5.41 Å². The van der Waals surface area contributed by atoms with Gasteiger partial charge in [0.25, 0.3) is 0 Å². The van der Waals surface area contributed by atoms with Crippen LogP contribution in [0.3, 0.4) is 0 Å². The lowest BCUT2D eigenvalue weighted by molar-refractivity contribution is 0.768. The zero-order valence-corrected chi connectivity index (χ0v) is 27.1. The third kappa shape index (κ3) is 4.93. The van der Waals surface area contributed by atoms with Gasteiger partial charge in [-0.25, -0.2) is 0 Å². The molecule has 0 N–H and O–H groups in total. The van der Waals surface area contributed by atoms with Gasteiger partial charge in [0.1, 0.15) is 0 Å². The Labute approximate surface area is 288 Å². The summed E-state index contributed by atoms with van der Waals surface area (Å²) in [5.41, 5.74) is 17.1. The van der Waals surface area contributed by atoms with E-state index >= 15 is 0 Å². The number of benzene rings is 8. The van der Waals surface area contributed by atoms with Crippen molar-refractivity contribution in [1.82, 2.24) is 0 Å². The Morgan fingerprint density at radius 3 is 1.18 bits per heavy atom. The molecule has 0 bridgehead atoms. The largest absolute Gasteiger partial charge is 0.0713 e. The molecule has 0 heterocycles. The minimum absolute atomic E-state index is 0.388. The summed E-state index contributed by atoms with van der Waals surface area (Å²) in [4.78, 5) is 0. The molecule has 0 aromatic heterocycles. The number of hydrogen-bond donors (Lipinski definition) is 0. The van der Waals surface area contributed by atoms with Crippen LogP contribution in [-0.4, -0.2) is 0 Å². The standard InChI is InChI=1S/C49H34/c1-5-16-35(17-6-1)40-31-41(36-18-7-2-8-19-36)33-42(32-40)38-21-15-20-37(30-38)39-28-29-48-46(34-39)45-26-13-14-27-47(45)49(48,43-22-9-3-10-23-43)44-24-11-4-12-25-44/h1-34H. The third-order valence-corrected chi connectivity index (χ3v) is 10.1. The highest BCUT2D eigenvalue weighted by molar-refractivity contribution is 5.90. The lowest BCUT2D eigenvalue weighted by Gasteiger charge is -2.33. The van der Waals surface area contributed by atoms with Crippen LogP contribution < -0.4 is 0 Å². The van der Waals surface area contributed by atoms with Crippen molar-refractivity contribution in [3.63, 3.8) is 0 Å². The molecule has 0 unspecified atom stereocenters. The van der Waals surface area contributed by atoms with Crippen LogP contribution in [0, 0.1) is 0 Å². The quantitative estimate of drug-likeness (QED) is 0.173. The third-order valence-electron chi connectivity index (χ3n) is 10.1. The van der Waals surface area contributed by atoms with Crippen molar-refractivity contribution >= 4 is 0 Å². The first-order chi connectivity index (χ1) is 24.3. The first kappa shape index (κ1) is 28.9. The predicted molar refractivity (Wildman–Crippen MR) is 205 cm³/mol. The van der Waals surface area contributed by atoms with Crippen LogP contribution in [0.4, 0.5) is 0 Å². The smallest absolute Gasteiger partial charge is 0.0622 e. The molecule has 0 fully saturated rings. The summed E-state index contributed by atoms with van der Waals surface area (Å²) in [5, 5.41) is 0. The molecule has 0 atom stereocenters. The van der Waals surface area contributed by atoms with Crippen molar-refractivity contribution in [2.45, 2.75) is 5.41 Å².